The Kier molecular flexibility index (Phi) is 5.16. The van der Waals surface area contributed by atoms with Crippen molar-refractivity contribution in [1.29, 1.82) is 0 Å². The molecule has 2 aromatic carbocycles. The van der Waals surface area contributed by atoms with Crippen LogP contribution in [0.4, 0.5) is 10.1 Å². The molecule has 0 aliphatic rings. The number of aryl methyl sites for hydroxylation is 1. The Hall–Kier alpha value is -1.80. The van der Waals surface area contributed by atoms with Gasteiger partial charge in [0.2, 0.25) is 0 Å². The summed E-state index contributed by atoms with van der Waals surface area (Å²) in [6, 6.07) is 7.14. The van der Waals surface area contributed by atoms with Gasteiger partial charge >= 0.3 is 0 Å². The van der Waals surface area contributed by atoms with Gasteiger partial charge in [0.15, 0.2) is 11.5 Å². The minimum Gasteiger partial charge on any atom is -0.493 e. The molecule has 0 fully saturated rings. The molecule has 2 rings (SSSR count). The fourth-order valence-electron chi connectivity index (χ4n) is 1.94. The highest BCUT2D eigenvalue weighted by atomic mass is 79.9. The summed E-state index contributed by atoms with van der Waals surface area (Å²) in [5, 5.41) is 0. The van der Waals surface area contributed by atoms with E-state index in [1.807, 2.05) is 6.92 Å². The number of hydrogen-bond donors (Lipinski definition) is 1. The first kappa shape index (κ1) is 17.6. The highest BCUT2D eigenvalue weighted by Crippen LogP contribution is 2.33. The van der Waals surface area contributed by atoms with Crippen molar-refractivity contribution in [2.75, 3.05) is 18.9 Å². The molecule has 1 N–H and O–H groups in total. The van der Waals surface area contributed by atoms with Gasteiger partial charge in [-0.25, -0.2) is 12.8 Å². The minimum atomic E-state index is -4.13. The van der Waals surface area contributed by atoms with Crippen molar-refractivity contribution in [3.05, 3.63) is 46.2 Å². The average Bonchev–Trinajstić information content (AvgIpc) is 2.49. The molecule has 0 unspecified atom stereocenters. The molecule has 2 aromatic rings. The summed E-state index contributed by atoms with van der Waals surface area (Å²) in [4.78, 5) is -0.525. The number of ether oxygens (including phenoxy) is 2. The highest BCUT2D eigenvalue weighted by Gasteiger charge is 2.23. The number of hydrogen-bond acceptors (Lipinski definition) is 4. The summed E-state index contributed by atoms with van der Waals surface area (Å²) in [5.41, 5.74) is 1.27. The van der Waals surface area contributed by atoms with Crippen molar-refractivity contribution in [2.24, 2.45) is 0 Å². The van der Waals surface area contributed by atoms with Crippen LogP contribution >= 0.6 is 15.9 Å². The topological polar surface area (TPSA) is 64.6 Å². The molecule has 0 spiro atoms. The molecule has 0 bridgehead atoms. The van der Waals surface area contributed by atoms with Gasteiger partial charge in [-0.3, -0.25) is 4.72 Å². The van der Waals surface area contributed by atoms with E-state index in [0.717, 1.165) is 17.7 Å². The Morgan fingerprint density at radius 2 is 1.70 bits per heavy atom. The second kappa shape index (κ2) is 6.76. The third-order valence-electron chi connectivity index (χ3n) is 3.10. The van der Waals surface area contributed by atoms with Gasteiger partial charge in [-0.1, -0.05) is 6.07 Å². The van der Waals surface area contributed by atoms with E-state index < -0.39 is 20.7 Å². The molecule has 0 radical (unpaired) electrons. The zero-order chi connectivity index (χ0) is 17.2. The fourth-order valence-corrected chi connectivity index (χ4v) is 3.82. The molecule has 0 aliphatic carbocycles. The maximum Gasteiger partial charge on any atom is 0.264 e. The van der Waals surface area contributed by atoms with Crippen molar-refractivity contribution < 1.29 is 22.3 Å². The van der Waals surface area contributed by atoms with Gasteiger partial charge in [-0.2, -0.15) is 0 Å². The maximum absolute atomic E-state index is 14.2. The minimum absolute atomic E-state index is 0.112. The molecule has 124 valence electrons. The van der Waals surface area contributed by atoms with Crippen molar-refractivity contribution >= 4 is 31.6 Å². The Balaban J connectivity index is 2.47. The van der Waals surface area contributed by atoms with Crippen LogP contribution in [-0.2, 0) is 10.0 Å². The zero-order valence-electron chi connectivity index (χ0n) is 12.7. The number of nitrogens with one attached hydrogen (secondary N) is 1. The molecule has 5 nitrogen and oxygen atoms in total. The predicted molar refractivity (Wildman–Crippen MR) is 89.2 cm³/mol. The van der Waals surface area contributed by atoms with Gasteiger partial charge < -0.3 is 9.47 Å². The van der Waals surface area contributed by atoms with E-state index in [1.165, 1.54) is 14.2 Å². The lowest BCUT2D eigenvalue weighted by atomic mass is 10.2. The van der Waals surface area contributed by atoms with Crippen LogP contribution in [0.25, 0.3) is 0 Å². The first-order chi connectivity index (χ1) is 10.8. The molecule has 0 saturated carbocycles. The zero-order valence-corrected chi connectivity index (χ0v) is 15.1. The van der Waals surface area contributed by atoms with Crippen LogP contribution in [-0.4, -0.2) is 22.6 Å². The lowest BCUT2D eigenvalue weighted by Gasteiger charge is -2.13. The lowest BCUT2D eigenvalue weighted by molar-refractivity contribution is 0.350. The first-order valence-corrected chi connectivity index (χ1v) is 8.76. The van der Waals surface area contributed by atoms with Crippen LogP contribution < -0.4 is 14.2 Å². The summed E-state index contributed by atoms with van der Waals surface area (Å²) < 4.78 is 51.9. The highest BCUT2D eigenvalue weighted by molar-refractivity contribution is 9.10. The van der Waals surface area contributed by atoms with Gasteiger partial charge in [-0.15, -0.1) is 0 Å². The van der Waals surface area contributed by atoms with Gasteiger partial charge in [0, 0.05) is 16.6 Å². The Morgan fingerprint density at radius 3 is 2.26 bits per heavy atom. The predicted octanol–water partition coefficient (Wildman–Crippen LogP) is 3.71. The van der Waals surface area contributed by atoms with Crippen LogP contribution in [0.2, 0.25) is 0 Å². The SMILES string of the molecule is COc1cc(F)c(S(=O)(=O)Nc2ccc(C)cc2Br)cc1OC. The van der Waals surface area contributed by atoms with Crippen LogP contribution in [0.1, 0.15) is 5.56 Å². The normalized spacial score (nSPS) is 11.2. The molecular weight excluding hydrogens is 389 g/mol. The Bertz CT molecular complexity index is 840. The summed E-state index contributed by atoms with van der Waals surface area (Å²) >= 11 is 3.28. The molecule has 0 saturated heterocycles. The van der Waals surface area contributed by atoms with Crippen LogP contribution in [0.5, 0.6) is 11.5 Å². The first-order valence-electron chi connectivity index (χ1n) is 6.49. The molecule has 8 heteroatoms. The number of benzene rings is 2. The molecular formula is C15H15BrFNO4S. The van der Waals surface area contributed by atoms with E-state index in [0.29, 0.717) is 10.2 Å². The summed E-state index contributed by atoms with van der Waals surface area (Å²) in [6.45, 7) is 1.87. The quantitative estimate of drug-likeness (QED) is 0.825. The van der Waals surface area contributed by atoms with Crippen molar-refractivity contribution in [2.45, 2.75) is 11.8 Å². The largest absolute Gasteiger partial charge is 0.493 e. The molecule has 0 aromatic heterocycles. The van der Waals surface area contributed by atoms with Crippen LogP contribution in [0.3, 0.4) is 0 Å². The third-order valence-corrected chi connectivity index (χ3v) is 5.13. The number of sulfonamides is 1. The molecule has 0 aliphatic heterocycles. The van der Waals surface area contributed by atoms with E-state index in [-0.39, 0.29) is 11.5 Å². The standard InChI is InChI=1S/C15H15BrFNO4S/c1-9-4-5-12(10(16)6-9)18-23(19,20)15-8-14(22-3)13(21-2)7-11(15)17/h4-8,18H,1-3H3. The smallest absolute Gasteiger partial charge is 0.264 e. The summed E-state index contributed by atoms with van der Waals surface area (Å²) in [5.74, 6) is -0.698. The third kappa shape index (κ3) is 3.76. The van der Waals surface area contributed by atoms with E-state index >= 15 is 0 Å². The van der Waals surface area contributed by atoms with Gasteiger partial charge in [0.1, 0.15) is 10.7 Å². The van der Waals surface area contributed by atoms with Gasteiger partial charge in [0.05, 0.1) is 19.9 Å². The van der Waals surface area contributed by atoms with Gasteiger partial charge in [-0.05, 0) is 40.5 Å². The number of halogens is 2. The Labute approximate surface area is 142 Å². The monoisotopic (exact) mass is 403 g/mol. The average molecular weight is 404 g/mol. The van der Waals surface area contributed by atoms with Crippen LogP contribution in [0, 0.1) is 12.7 Å². The second-order valence-electron chi connectivity index (χ2n) is 4.73. The van der Waals surface area contributed by atoms with Gasteiger partial charge in [0.25, 0.3) is 10.0 Å². The molecule has 0 amide bonds. The maximum atomic E-state index is 14.2. The van der Waals surface area contributed by atoms with E-state index in [2.05, 4.69) is 20.7 Å². The summed E-state index contributed by atoms with van der Waals surface area (Å²) in [6.07, 6.45) is 0. The summed E-state index contributed by atoms with van der Waals surface area (Å²) in [7, 11) is -1.44. The van der Waals surface area contributed by atoms with E-state index in [4.69, 9.17) is 9.47 Å². The van der Waals surface area contributed by atoms with E-state index in [1.54, 1.807) is 18.2 Å². The number of anilines is 1. The molecule has 0 atom stereocenters. The number of rotatable bonds is 5. The van der Waals surface area contributed by atoms with Crippen molar-refractivity contribution in [1.82, 2.24) is 0 Å². The Morgan fingerprint density at radius 1 is 1.09 bits per heavy atom. The fraction of sp³-hybridized carbons (Fsp3) is 0.200. The number of methoxy groups -OCH3 is 2. The second-order valence-corrected chi connectivity index (χ2v) is 7.23. The molecule has 0 heterocycles. The van der Waals surface area contributed by atoms with Crippen molar-refractivity contribution in [3.8, 4) is 11.5 Å². The molecule has 23 heavy (non-hydrogen) atoms. The van der Waals surface area contributed by atoms with E-state index in [9.17, 15) is 12.8 Å². The van der Waals surface area contributed by atoms with Crippen LogP contribution in [0.15, 0.2) is 39.7 Å². The van der Waals surface area contributed by atoms with Crippen molar-refractivity contribution in [3.63, 3.8) is 0 Å². The lowest BCUT2D eigenvalue weighted by Crippen LogP contribution is -2.15.